The van der Waals surface area contributed by atoms with Gasteiger partial charge in [-0.15, -0.1) is 10.2 Å². The second kappa shape index (κ2) is 5.99. The minimum atomic E-state index is -3.47. The van der Waals surface area contributed by atoms with E-state index >= 15 is 0 Å². The summed E-state index contributed by atoms with van der Waals surface area (Å²) >= 11 is 0. The summed E-state index contributed by atoms with van der Waals surface area (Å²) < 4.78 is 24.4. The van der Waals surface area contributed by atoms with Crippen LogP contribution in [0.25, 0.3) is 22.5 Å². The lowest BCUT2D eigenvalue weighted by molar-refractivity contribution is 0.602. The normalized spacial score (nSPS) is 14.6. The summed E-state index contributed by atoms with van der Waals surface area (Å²) in [5.41, 5.74) is 1.77. The number of benzene rings is 1. The summed E-state index contributed by atoms with van der Waals surface area (Å²) in [6.07, 6.45) is 7.96. The molecule has 1 aromatic carbocycles. The van der Waals surface area contributed by atoms with Crippen molar-refractivity contribution in [1.82, 2.24) is 30.6 Å². The summed E-state index contributed by atoms with van der Waals surface area (Å²) in [6, 6.07) is 5.03. The second-order valence-corrected chi connectivity index (χ2v) is 8.21. The Labute approximate surface area is 144 Å². The zero-order chi connectivity index (χ0) is 17.4. The highest BCUT2D eigenvalue weighted by molar-refractivity contribution is 7.90. The van der Waals surface area contributed by atoms with E-state index in [9.17, 15) is 8.42 Å². The van der Waals surface area contributed by atoms with Gasteiger partial charge in [0.15, 0.2) is 9.84 Å². The molecule has 9 heteroatoms. The molecule has 8 nitrogen and oxygen atoms in total. The van der Waals surface area contributed by atoms with Crippen LogP contribution in [0, 0.1) is 5.92 Å². The standard InChI is InChI=1S/C16H16N6O2S/c1-25(23,24)13-4-2-3-12(15(13)16-19-21-22-20-16)11-8-17-14(18-9-11)7-10-5-6-10/h2-4,8-10H,5-7H2,1H3,(H,19,20,21,22). The zero-order valence-electron chi connectivity index (χ0n) is 13.5. The number of hydrogen-bond donors (Lipinski definition) is 1. The van der Waals surface area contributed by atoms with Crippen LogP contribution in [0.15, 0.2) is 35.5 Å². The first-order valence-electron chi connectivity index (χ1n) is 7.90. The van der Waals surface area contributed by atoms with Crippen molar-refractivity contribution < 1.29 is 8.42 Å². The highest BCUT2D eigenvalue weighted by Gasteiger charge is 2.24. The number of tetrazole rings is 1. The molecule has 128 valence electrons. The van der Waals surface area contributed by atoms with Gasteiger partial charge in [-0.25, -0.2) is 18.4 Å². The molecular formula is C16H16N6O2S. The van der Waals surface area contributed by atoms with Gasteiger partial charge in [-0.1, -0.05) is 12.1 Å². The number of hydrogen-bond acceptors (Lipinski definition) is 7. The van der Waals surface area contributed by atoms with Crippen molar-refractivity contribution in [2.75, 3.05) is 6.26 Å². The molecule has 1 aliphatic carbocycles. The minimum Gasteiger partial charge on any atom is -0.241 e. The Morgan fingerprint density at radius 1 is 1.20 bits per heavy atom. The van der Waals surface area contributed by atoms with Crippen LogP contribution in [-0.2, 0) is 16.3 Å². The first kappa shape index (κ1) is 15.8. The quantitative estimate of drug-likeness (QED) is 0.739. The molecule has 0 aliphatic heterocycles. The molecule has 4 rings (SSSR count). The third-order valence-corrected chi connectivity index (χ3v) is 5.32. The van der Waals surface area contributed by atoms with Crippen LogP contribution < -0.4 is 0 Å². The van der Waals surface area contributed by atoms with Gasteiger partial charge >= 0.3 is 0 Å². The molecule has 1 N–H and O–H groups in total. The Kier molecular flexibility index (Phi) is 3.79. The summed E-state index contributed by atoms with van der Waals surface area (Å²) in [5.74, 6) is 1.74. The van der Waals surface area contributed by atoms with Crippen molar-refractivity contribution in [1.29, 1.82) is 0 Å². The van der Waals surface area contributed by atoms with E-state index in [0.717, 1.165) is 18.5 Å². The highest BCUT2D eigenvalue weighted by atomic mass is 32.2. The molecule has 1 fully saturated rings. The molecule has 0 unspecified atom stereocenters. The maximum Gasteiger partial charge on any atom is 0.206 e. The summed E-state index contributed by atoms with van der Waals surface area (Å²) in [7, 11) is -3.47. The fourth-order valence-electron chi connectivity index (χ4n) is 2.76. The van der Waals surface area contributed by atoms with Gasteiger partial charge in [-0.05, 0) is 35.6 Å². The van der Waals surface area contributed by atoms with Crippen molar-refractivity contribution >= 4 is 9.84 Å². The molecule has 0 spiro atoms. The third kappa shape index (κ3) is 3.27. The molecule has 0 bridgehead atoms. The van der Waals surface area contributed by atoms with Gasteiger partial charge in [-0.2, -0.15) is 5.21 Å². The van der Waals surface area contributed by atoms with Gasteiger partial charge in [-0.3, -0.25) is 0 Å². The van der Waals surface area contributed by atoms with Crippen LogP contribution in [0.5, 0.6) is 0 Å². The minimum absolute atomic E-state index is 0.147. The molecule has 0 amide bonds. The van der Waals surface area contributed by atoms with E-state index < -0.39 is 9.84 Å². The third-order valence-electron chi connectivity index (χ3n) is 4.18. The van der Waals surface area contributed by atoms with Crippen LogP contribution in [0.1, 0.15) is 18.7 Å². The van der Waals surface area contributed by atoms with E-state index in [1.165, 1.54) is 18.9 Å². The van der Waals surface area contributed by atoms with E-state index in [1.54, 1.807) is 24.5 Å². The molecule has 2 aromatic heterocycles. The molecule has 3 aromatic rings. The first-order valence-corrected chi connectivity index (χ1v) is 9.79. The Balaban J connectivity index is 1.83. The van der Waals surface area contributed by atoms with E-state index in [2.05, 4.69) is 30.6 Å². The molecule has 0 saturated heterocycles. The maximum atomic E-state index is 12.2. The molecule has 25 heavy (non-hydrogen) atoms. The van der Waals surface area contributed by atoms with Crippen molar-refractivity contribution in [2.24, 2.45) is 5.92 Å². The number of nitrogens with zero attached hydrogens (tertiary/aromatic N) is 5. The summed E-state index contributed by atoms with van der Waals surface area (Å²) in [4.78, 5) is 9.00. The molecule has 2 heterocycles. The molecule has 1 saturated carbocycles. The van der Waals surface area contributed by atoms with Crippen LogP contribution >= 0.6 is 0 Å². The Hall–Kier alpha value is -2.68. The van der Waals surface area contributed by atoms with Crippen molar-refractivity contribution in [3.05, 3.63) is 36.4 Å². The maximum absolute atomic E-state index is 12.2. The van der Waals surface area contributed by atoms with Gasteiger partial charge in [0.25, 0.3) is 0 Å². The number of nitrogens with one attached hydrogen (secondary N) is 1. The number of rotatable bonds is 5. The largest absolute Gasteiger partial charge is 0.241 e. The Morgan fingerprint density at radius 3 is 2.56 bits per heavy atom. The van der Waals surface area contributed by atoms with Gasteiger partial charge < -0.3 is 0 Å². The zero-order valence-corrected chi connectivity index (χ0v) is 14.4. The van der Waals surface area contributed by atoms with Gasteiger partial charge in [0.2, 0.25) is 5.82 Å². The lowest BCUT2D eigenvalue weighted by Gasteiger charge is -2.11. The predicted molar refractivity (Wildman–Crippen MR) is 90.2 cm³/mol. The number of aromatic amines is 1. The fraction of sp³-hybridized carbons (Fsp3) is 0.312. The molecular weight excluding hydrogens is 340 g/mol. The van der Waals surface area contributed by atoms with E-state index in [4.69, 9.17) is 0 Å². The fourth-order valence-corrected chi connectivity index (χ4v) is 3.66. The van der Waals surface area contributed by atoms with Crippen molar-refractivity contribution in [3.8, 4) is 22.5 Å². The Bertz CT molecular complexity index is 996. The monoisotopic (exact) mass is 356 g/mol. The highest BCUT2D eigenvalue weighted by Crippen LogP contribution is 2.35. The number of sulfone groups is 1. The van der Waals surface area contributed by atoms with Crippen LogP contribution in [0.4, 0.5) is 0 Å². The smallest absolute Gasteiger partial charge is 0.206 e. The molecule has 0 radical (unpaired) electrons. The Morgan fingerprint density at radius 2 is 1.96 bits per heavy atom. The van der Waals surface area contributed by atoms with Crippen LogP contribution in [0.2, 0.25) is 0 Å². The summed E-state index contributed by atoms with van der Waals surface area (Å²) in [6.45, 7) is 0. The van der Waals surface area contributed by atoms with Crippen molar-refractivity contribution in [3.63, 3.8) is 0 Å². The van der Waals surface area contributed by atoms with Gasteiger partial charge in [0.05, 0.1) is 4.90 Å². The number of H-pyrrole nitrogens is 1. The average Bonchev–Trinajstić information content (AvgIpc) is 3.24. The first-order chi connectivity index (χ1) is 12.0. The van der Waals surface area contributed by atoms with Crippen LogP contribution in [-0.4, -0.2) is 45.3 Å². The van der Waals surface area contributed by atoms with Gasteiger partial charge in [0.1, 0.15) is 5.82 Å². The molecule has 0 atom stereocenters. The molecule has 1 aliphatic rings. The predicted octanol–water partition coefficient (Wildman–Crippen LogP) is 1.68. The van der Waals surface area contributed by atoms with Crippen LogP contribution in [0.3, 0.4) is 0 Å². The topological polar surface area (TPSA) is 114 Å². The van der Waals surface area contributed by atoms with E-state index in [1.807, 2.05) is 0 Å². The van der Waals surface area contributed by atoms with E-state index in [0.29, 0.717) is 22.6 Å². The SMILES string of the molecule is CS(=O)(=O)c1cccc(-c2cnc(CC3CC3)nc2)c1-c1nn[nH]n1. The lowest BCUT2D eigenvalue weighted by atomic mass is 10.0. The number of aromatic nitrogens is 6. The van der Waals surface area contributed by atoms with Crippen molar-refractivity contribution in [2.45, 2.75) is 24.2 Å². The summed E-state index contributed by atoms with van der Waals surface area (Å²) in [5, 5.41) is 13.8. The van der Waals surface area contributed by atoms with Gasteiger partial charge in [0, 0.05) is 36.2 Å². The lowest BCUT2D eigenvalue weighted by Crippen LogP contribution is -2.03. The average molecular weight is 356 g/mol. The van der Waals surface area contributed by atoms with E-state index in [-0.39, 0.29) is 10.7 Å². The second-order valence-electron chi connectivity index (χ2n) is 6.22.